The Kier molecular flexibility index (Phi) is 6.40. The maximum atomic E-state index is 12.1. The molecule has 1 saturated carbocycles. The molecule has 1 aliphatic rings. The normalized spacial score (nSPS) is 15.3. The summed E-state index contributed by atoms with van der Waals surface area (Å²) in [4.78, 5) is 23.5. The molecule has 0 aliphatic heterocycles. The Morgan fingerprint density at radius 2 is 1.59 bits per heavy atom. The van der Waals surface area contributed by atoms with Gasteiger partial charge in [-0.15, -0.1) is 0 Å². The van der Waals surface area contributed by atoms with Crippen LogP contribution in [-0.4, -0.2) is 18.4 Å². The zero-order chi connectivity index (χ0) is 15.8. The Morgan fingerprint density at radius 1 is 1.00 bits per heavy atom. The smallest absolute Gasteiger partial charge is 0.238 e. The standard InChI is InChI=1S/C17H25N3O2/c18-12-17(22)20-15-9-5-4-8-14(15)19-16(21)11-10-13-6-2-1-3-7-13/h4-5,8-9,13H,1-3,6-7,10-12,18H2,(H,19,21)(H,20,22). The lowest BCUT2D eigenvalue weighted by atomic mass is 9.86. The van der Waals surface area contributed by atoms with Crippen LogP contribution in [-0.2, 0) is 9.59 Å². The van der Waals surface area contributed by atoms with Gasteiger partial charge in [0, 0.05) is 6.42 Å². The molecule has 0 saturated heterocycles. The lowest BCUT2D eigenvalue weighted by molar-refractivity contribution is -0.117. The highest BCUT2D eigenvalue weighted by Crippen LogP contribution is 2.28. The minimum Gasteiger partial charge on any atom is -0.324 e. The predicted molar refractivity (Wildman–Crippen MR) is 88.6 cm³/mol. The van der Waals surface area contributed by atoms with E-state index in [-0.39, 0.29) is 18.4 Å². The Hall–Kier alpha value is -1.88. The van der Waals surface area contributed by atoms with Gasteiger partial charge in [0.25, 0.3) is 0 Å². The molecule has 5 heteroatoms. The second kappa shape index (κ2) is 8.54. The fourth-order valence-corrected chi connectivity index (χ4v) is 2.93. The SMILES string of the molecule is NCC(=O)Nc1ccccc1NC(=O)CCC1CCCCC1. The monoisotopic (exact) mass is 303 g/mol. The molecule has 0 atom stereocenters. The van der Waals surface area contributed by atoms with Crippen molar-refractivity contribution < 1.29 is 9.59 Å². The number of carbonyl (C=O) groups excluding carboxylic acids is 2. The van der Waals surface area contributed by atoms with Crippen LogP contribution in [0.5, 0.6) is 0 Å². The van der Waals surface area contributed by atoms with E-state index in [0.29, 0.717) is 23.7 Å². The number of hydrogen-bond donors (Lipinski definition) is 3. The van der Waals surface area contributed by atoms with Crippen LogP contribution in [0.15, 0.2) is 24.3 Å². The Labute approximate surface area is 131 Å². The third-order valence-corrected chi connectivity index (χ3v) is 4.17. The third kappa shape index (κ3) is 5.15. The minimum atomic E-state index is -0.274. The predicted octanol–water partition coefficient (Wildman–Crippen LogP) is 2.88. The quantitative estimate of drug-likeness (QED) is 0.755. The number of anilines is 2. The summed E-state index contributed by atoms with van der Waals surface area (Å²) in [7, 11) is 0. The molecular formula is C17H25N3O2. The van der Waals surface area contributed by atoms with Crippen LogP contribution >= 0.6 is 0 Å². The highest BCUT2D eigenvalue weighted by molar-refractivity contribution is 6.00. The van der Waals surface area contributed by atoms with Gasteiger partial charge < -0.3 is 16.4 Å². The summed E-state index contributed by atoms with van der Waals surface area (Å²) in [6.07, 6.45) is 7.89. The molecule has 0 radical (unpaired) electrons. The summed E-state index contributed by atoms with van der Waals surface area (Å²) in [6.45, 7) is -0.0794. The Balaban J connectivity index is 1.86. The van der Waals surface area contributed by atoms with Crippen LogP contribution in [0.2, 0.25) is 0 Å². The van der Waals surface area contributed by atoms with Crippen molar-refractivity contribution >= 4 is 23.2 Å². The average molecular weight is 303 g/mol. The molecular weight excluding hydrogens is 278 g/mol. The summed E-state index contributed by atoms with van der Waals surface area (Å²) in [6, 6.07) is 7.17. The van der Waals surface area contributed by atoms with Crippen molar-refractivity contribution in [2.75, 3.05) is 17.2 Å². The van der Waals surface area contributed by atoms with Crippen molar-refractivity contribution in [1.29, 1.82) is 0 Å². The van der Waals surface area contributed by atoms with E-state index in [2.05, 4.69) is 10.6 Å². The highest BCUT2D eigenvalue weighted by atomic mass is 16.2. The van der Waals surface area contributed by atoms with E-state index in [1.54, 1.807) is 12.1 Å². The van der Waals surface area contributed by atoms with Crippen molar-refractivity contribution in [3.05, 3.63) is 24.3 Å². The number of nitrogens with one attached hydrogen (secondary N) is 2. The zero-order valence-corrected chi connectivity index (χ0v) is 12.9. The summed E-state index contributed by atoms with van der Waals surface area (Å²) < 4.78 is 0. The van der Waals surface area contributed by atoms with Gasteiger partial charge in [-0.3, -0.25) is 9.59 Å². The van der Waals surface area contributed by atoms with Gasteiger partial charge in [-0.1, -0.05) is 44.2 Å². The van der Waals surface area contributed by atoms with Crippen LogP contribution < -0.4 is 16.4 Å². The molecule has 22 heavy (non-hydrogen) atoms. The molecule has 0 heterocycles. The molecule has 1 fully saturated rings. The topological polar surface area (TPSA) is 84.2 Å². The van der Waals surface area contributed by atoms with Crippen LogP contribution in [0.4, 0.5) is 11.4 Å². The first-order valence-corrected chi connectivity index (χ1v) is 8.08. The molecule has 0 bridgehead atoms. The summed E-state index contributed by atoms with van der Waals surface area (Å²) in [5, 5.41) is 5.58. The van der Waals surface area contributed by atoms with Crippen LogP contribution in [0.1, 0.15) is 44.9 Å². The van der Waals surface area contributed by atoms with E-state index in [0.717, 1.165) is 6.42 Å². The van der Waals surface area contributed by atoms with Gasteiger partial charge in [0.05, 0.1) is 17.9 Å². The van der Waals surface area contributed by atoms with Crippen molar-refractivity contribution in [3.63, 3.8) is 0 Å². The summed E-state index contributed by atoms with van der Waals surface area (Å²) in [5.74, 6) is 0.413. The fraction of sp³-hybridized carbons (Fsp3) is 0.529. The second-order valence-electron chi connectivity index (χ2n) is 5.89. The summed E-state index contributed by atoms with van der Waals surface area (Å²) in [5.41, 5.74) is 6.51. The molecule has 120 valence electrons. The summed E-state index contributed by atoms with van der Waals surface area (Å²) >= 11 is 0. The minimum absolute atomic E-state index is 0.0000194. The fourth-order valence-electron chi connectivity index (χ4n) is 2.93. The Bertz CT molecular complexity index is 510. The van der Waals surface area contributed by atoms with E-state index in [4.69, 9.17) is 5.73 Å². The lowest BCUT2D eigenvalue weighted by Gasteiger charge is -2.21. The first-order chi connectivity index (χ1) is 10.7. The van der Waals surface area contributed by atoms with Crippen molar-refractivity contribution in [2.45, 2.75) is 44.9 Å². The number of nitrogens with two attached hydrogens (primary N) is 1. The zero-order valence-electron chi connectivity index (χ0n) is 12.9. The molecule has 2 amide bonds. The number of carbonyl (C=O) groups is 2. The van der Waals surface area contributed by atoms with Gasteiger partial charge in [-0.25, -0.2) is 0 Å². The lowest BCUT2D eigenvalue weighted by Crippen LogP contribution is -2.23. The molecule has 5 nitrogen and oxygen atoms in total. The molecule has 1 aromatic rings. The first kappa shape index (κ1) is 16.5. The number of para-hydroxylation sites is 2. The van der Waals surface area contributed by atoms with Gasteiger partial charge in [0.1, 0.15) is 0 Å². The maximum Gasteiger partial charge on any atom is 0.238 e. The van der Waals surface area contributed by atoms with Gasteiger partial charge in [-0.2, -0.15) is 0 Å². The molecule has 1 aliphatic carbocycles. The number of amides is 2. The first-order valence-electron chi connectivity index (χ1n) is 8.08. The molecule has 2 rings (SSSR count). The highest BCUT2D eigenvalue weighted by Gasteiger charge is 2.15. The molecule has 4 N–H and O–H groups in total. The third-order valence-electron chi connectivity index (χ3n) is 4.17. The van der Waals surface area contributed by atoms with Crippen LogP contribution in [0.3, 0.4) is 0 Å². The second-order valence-corrected chi connectivity index (χ2v) is 5.89. The van der Waals surface area contributed by atoms with E-state index in [9.17, 15) is 9.59 Å². The Morgan fingerprint density at radius 3 is 2.18 bits per heavy atom. The maximum absolute atomic E-state index is 12.1. The van der Waals surface area contributed by atoms with Gasteiger partial charge >= 0.3 is 0 Å². The number of rotatable bonds is 6. The molecule has 1 aromatic carbocycles. The van der Waals surface area contributed by atoms with E-state index >= 15 is 0 Å². The molecule has 0 unspecified atom stereocenters. The van der Waals surface area contributed by atoms with Gasteiger partial charge in [0.15, 0.2) is 0 Å². The van der Waals surface area contributed by atoms with E-state index < -0.39 is 0 Å². The van der Waals surface area contributed by atoms with Crippen molar-refractivity contribution in [2.24, 2.45) is 11.7 Å². The number of benzene rings is 1. The van der Waals surface area contributed by atoms with Gasteiger partial charge in [-0.05, 0) is 24.5 Å². The van der Waals surface area contributed by atoms with E-state index in [1.807, 2.05) is 12.1 Å². The largest absolute Gasteiger partial charge is 0.324 e. The van der Waals surface area contributed by atoms with Gasteiger partial charge in [0.2, 0.25) is 11.8 Å². The van der Waals surface area contributed by atoms with Crippen LogP contribution in [0, 0.1) is 5.92 Å². The average Bonchev–Trinajstić information content (AvgIpc) is 2.55. The van der Waals surface area contributed by atoms with Crippen molar-refractivity contribution in [3.8, 4) is 0 Å². The van der Waals surface area contributed by atoms with Crippen molar-refractivity contribution in [1.82, 2.24) is 0 Å². The number of hydrogen-bond acceptors (Lipinski definition) is 3. The molecule has 0 spiro atoms. The van der Waals surface area contributed by atoms with E-state index in [1.165, 1.54) is 32.1 Å². The van der Waals surface area contributed by atoms with Crippen LogP contribution in [0.25, 0.3) is 0 Å². The molecule has 0 aromatic heterocycles.